The summed E-state index contributed by atoms with van der Waals surface area (Å²) in [7, 11) is -1.27. The fourth-order valence-electron chi connectivity index (χ4n) is 3.97. The van der Waals surface area contributed by atoms with E-state index >= 15 is 0 Å². The maximum Gasteiger partial charge on any atom is 0.220 e. The molecule has 0 spiro atoms. The van der Waals surface area contributed by atoms with Gasteiger partial charge in [-0.15, -0.1) is 5.54 Å². The highest BCUT2D eigenvalue weighted by molar-refractivity contribution is 7.84. The van der Waals surface area contributed by atoms with Gasteiger partial charge in [0.05, 0.1) is 16.2 Å². The minimum Gasteiger partial charge on any atom is -0.373 e. The quantitative estimate of drug-likeness (QED) is 0.457. The zero-order chi connectivity index (χ0) is 20.4. The Hall–Kier alpha value is -1.78. The highest BCUT2D eigenvalue weighted by Gasteiger charge is 2.41. The van der Waals surface area contributed by atoms with Gasteiger partial charge in [-0.3, -0.25) is 4.21 Å². The number of pyridine rings is 1. The van der Waals surface area contributed by atoms with Crippen LogP contribution in [0.1, 0.15) is 47.1 Å². The average Bonchev–Trinajstić information content (AvgIpc) is 2.60. The lowest BCUT2D eigenvalue weighted by molar-refractivity contribution is 0.680. The highest BCUT2D eigenvalue weighted by atomic mass is 32.2. The van der Waals surface area contributed by atoms with E-state index in [0.29, 0.717) is 28.1 Å². The summed E-state index contributed by atoms with van der Waals surface area (Å²) in [5.74, 6) is 4.17. The fourth-order valence-corrected chi connectivity index (χ4v) is 9.61. The second-order valence-electron chi connectivity index (χ2n) is 7.80. The number of nitrogens with zero attached hydrogens (tertiary/aromatic N) is 3. The van der Waals surface area contributed by atoms with Crippen LogP contribution in [0.25, 0.3) is 11.0 Å². The summed E-state index contributed by atoms with van der Waals surface area (Å²) in [6.07, 6.45) is 3.26. The van der Waals surface area contributed by atoms with Gasteiger partial charge in [0.2, 0.25) is 5.16 Å². The molecule has 7 heteroatoms. The lowest BCUT2D eigenvalue weighted by Gasteiger charge is -2.38. The SMILES string of the molecule is CNc1cc(C#C[Si](C(C)C)(C(C)C)C(C)C)c2cnc(S(C)=O)nc2n1. The number of hydrogen-bond donors (Lipinski definition) is 1. The molecule has 0 aromatic carbocycles. The van der Waals surface area contributed by atoms with Crippen molar-refractivity contribution in [1.82, 2.24) is 15.0 Å². The Balaban J connectivity index is 2.72. The summed E-state index contributed by atoms with van der Waals surface area (Å²) in [5, 5.41) is 4.16. The molecule has 5 nitrogen and oxygen atoms in total. The van der Waals surface area contributed by atoms with Crippen molar-refractivity contribution in [2.75, 3.05) is 18.6 Å². The predicted molar refractivity (Wildman–Crippen MR) is 117 cm³/mol. The maximum atomic E-state index is 11.7. The van der Waals surface area contributed by atoms with Crippen LogP contribution in [0.3, 0.4) is 0 Å². The third-order valence-corrected chi connectivity index (χ3v) is 12.3. The molecule has 2 rings (SSSR count). The van der Waals surface area contributed by atoms with Gasteiger partial charge in [-0.2, -0.15) is 0 Å². The number of aromatic nitrogens is 3. The van der Waals surface area contributed by atoms with E-state index in [1.54, 1.807) is 12.5 Å². The molecular weight excluding hydrogens is 372 g/mol. The summed E-state index contributed by atoms with van der Waals surface area (Å²) < 4.78 is 11.7. The normalized spacial score (nSPS) is 13.1. The van der Waals surface area contributed by atoms with Crippen molar-refractivity contribution in [2.45, 2.75) is 63.3 Å². The van der Waals surface area contributed by atoms with Gasteiger partial charge in [0.25, 0.3) is 0 Å². The van der Waals surface area contributed by atoms with Crippen LogP contribution in [0.2, 0.25) is 16.6 Å². The van der Waals surface area contributed by atoms with E-state index in [9.17, 15) is 4.21 Å². The van der Waals surface area contributed by atoms with Crippen molar-refractivity contribution in [3.05, 3.63) is 17.8 Å². The molecule has 27 heavy (non-hydrogen) atoms. The number of nitrogens with one attached hydrogen (secondary N) is 1. The summed E-state index contributed by atoms with van der Waals surface area (Å²) in [4.78, 5) is 13.1. The Bertz CT molecular complexity index is 894. The summed E-state index contributed by atoms with van der Waals surface area (Å²) in [5.41, 5.74) is 6.83. The number of fused-ring (bicyclic) bond motifs is 1. The first kappa shape index (κ1) is 21.5. The van der Waals surface area contributed by atoms with Crippen molar-refractivity contribution >= 4 is 35.7 Å². The van der Waals surface area contributed by atoms with Gasteiger partial charge in [-0.1, -0.05) is 47.5 Å². The van der Waals surface area contributed by atoms with E-state index in [4.69, 9.17) is 0 Å². The van der Waals surface area contributed by atoms with Crippen LogP contribution in [0.5, 0.6) is 0 Å². The second-order valence-corrected chi connectivity index (χ2v) is 14.6. The molecule has 0 bridgehead atoms. The first-order valence-corrected chi connectivity index (χ1v) is 13.1. The van der Waals surface area contributed by atoms with E-state index in [1.165, 1.54) is 0 Å². The molecule has 0 aliphatic rings. The molecule has 146 valence electrons. The first-order chi connectivity index (χ1) is 12.6. The summed E-state index contributed by atoms with van der Waals surface area (Å²) >= 11 is 0. The molecule has 2 aromatic rings. The Kier molecular flexibility index (Phi) is 6.76. The molecule has 0 fully saturated rings. The molecule has 0 amide bonds. The van der Waals surface area contributed by atoms with E-state index in [-0.39, 0.29) is 5.16 Å². The lowest BCUT2D eigenvalue weighted by atomic mass is 10.2. The van der Waals surface area contributed by atoms with Crippen molar-refractivity contribution in [2.24, 2.45) is 0 Å². The first-order valence-electron chi connectivity index (χ1n) is 9.35. The van der Waals surface area contributed by atoms with E-state index in [0.717, 1.165) is 10.9 Å². The zero-order valence-electron chi connectivity index (χ0n) is 17.5. The maximum absolute atomic E-state index is 11.7. The third-order valence-electron chi connectivity index (χ3n) is 5.34. The number of hydrogen-bond acceptors (Lipinski definition) is 5. The molecule has 1 unspecified atom stereocenters. The van der Waals surface area contributed by atoms with E-state index in [2.05, 4.69) is 73.3 Å². The third kappa shape index (κ3) is 4.22. The van der Waals surface area contributed by atoms with Crippen molar-refractivity contribution in [1.29, 1.82) is 0 Å². The van der Waals surface area contributed by atoms with Crippen LogP contribution in [0.15, 0.2) is 17.4 Å². The standard InChI is InChI=1S/C20H30N4OSSi/c1-13(2)27(14(3)4,15(5)6)10-9-16-11-18(21-7)23-19-17(16)12-22-20(24-19)26(8)25/h11-15H,1-8H3,(H,21,22,23,24). The molecule has 2 heterocycles. The Morgan fingerprint density at radius 2 is 1.67 bits per heavy atom. The van der Waals surface area contributed by atoms with Crippen molar-refractivity contribution in [3.63, 3.8) is 0 Å². The predicted octanol–water partition coefficient (Wildman–Crippen LogP) is 4.37. The van der Waals surface area contributed by atoms with Crippen LogP contribution in [0, 0.1) is 11.5 Å². The molecule has 0 aliphatic carbocycles. The lowest BCUT2D eigenvalue weighted by Crippen LogP contribution is -2.43. The van der Waals surface area contributed by atoms with Crippen LogP contribution < -0.4 is 5.32 Å². The van der Waals surface area contributed by atoms with Gasteiger partial charge in [0, 0.05) is 25.1 Å². The summed E-state index contributed by atoms with van der Waals surface area (Å²) in [6, 6.07) is 1.95. The number of anilines is 1. The minimum atomic E-state index is -1.85. The Labute approximate surface area is 166 Å². The zero-order valence-corrected chi connectivity index (χ0v) is 19.4. The topological polar surface area (TPSA) is 67.8 Å². The monoisotopic (exact) mass is 402 g/mol. The smallest absolute Gasteiger partial charge is 0.220 e. The molecular formula is C20H30N4OSSi. The number of rotatable bonds is 5. The second kappa shape index (κ2) is 8.49. The molecule has 1 atom stereocenters. The highest BCUT2D eigenvalue weighted by Crippen LogP contribution is 2.40. The molecule has 0 saturated carbocycles. The van der Waals surface area contributed by atoms with Crippen molar-refractivity contribution < 1.29 is 4.21 Å². The Morgan fingerprint density at radius 3 is 2.15 bits per heavy atom. The fraction of sp³-hybridized carbons (Fsp3) is 0.550. The minimum absolute atomic E-state index is 0.289. The van der Waals surface area contributed by atoms with Gasteiger partial charge in [-0.05, 0) is 22.7 Å². The van der Waals surface area contributed by atoms with E-state index in [1.807, 2.05) is 13.1 Å². The van der Waals surface area contributed by atoms with Gasteiger partial charge < -0.3 is 5.32 Å². The average molecular weight is 403 g/mol. The molecule has 0 radical (unpaired) electrons. The van der Waals surface area contributed by atoms with Gasteiger partial charge in [0.15, 0.2) is 5.65 Å². The van der Waals surface area contributed by atoms with E-state index < -0.39 is 18.9 Å². The molecule has 2 aromatic heterocycles. The largest absolute Gasteiger partial charge is 0.373 e. The van der Waals surface area contributed by atoms with Crippen LogP contribution in [-0.2, 0) is 10.8 Å². The molecule has 0 saturated heterocycles. The molecule has 0 aliphatic heterocycles. The van der Waals surface area contributed by atoms with Gasteiger partial charge in [-0.25, -0.2) is 15.0 Å². The van der Waals surface area contributed by atoms with Crippen LogP contribution in [0.4, 0.5) is 5.82 Å². The van der Waals surface area contributed by atoms with Crippen LogP contribution in [-0.4, -0.2) is 40.5 Å². The Morgan fingerprint density at radius 1 is 1.07 bits per heavy atom. The van der Waals surface area contributed by atoms with Gasteiger partial charge in [0.1, 0.15) is 13.9 Å². The summed E-state index contributed by atoms with van der Waals surface area (Å²) in [6.45, 7) is 13.8. The van der Waals surface area contributed by atoms with Crippen molar-refractivity contribution in [3.8, 4) is 11.5 Å². The van der Waals surface area contributed by atoms with Crippen LogP contribution >= 0.6 is 0 Å². The van der Waals surface area contributed by atoms with Gasteiger partial charge >= 0.3 is 0 Å². The molecule has 1 N–H and O–H groups in total.